The molecule has 130 valence electrons. The molecule has 2 heterocycles. The molecule has 1 aliphatic carbocycles. The molecule has 1 fully saturated rings. The van der Waals surface area contributed by atoms with Gasteiger partial charge in [0.25, 0.3) is 5.91 Å². The molecule has 4 rings (SSSR count). The smallest absolute Gasteiger partial charge is 0.253 e. The molecule has 0 bridgehead atoms. The molecule has 0 unspecified atom stereocenters. The number of fused-ring (bicyclic) bond motifs is 1. The van der Waals surface area contributed by atoms with Gasteiger partial charge in [0, 0.05) is 18.7 Å². The number of aromatic amines is 1. The molecular formula is C19H20N2O4. The number of aromatic nitrogens is 1. The molecule has 1 aromatic carbocycles. The number of hydrogen-bond donors (Lipinski definition) is 3. The Bertz CT molecular complexity index is 834. The van der Waals surface area contributed by atoms with Gasteiger partial charge in [0.15, 0.2) is 0 Å². The van der Waals surface area contributed by atoms with E-state index in [0.717, 1.165) is 23.3 Å². The monoisotopic (exact) mass is 340 g/mol. The molecule has 2 aliphatic rings. The Labute approximate surface area is 144 Å². The minimum Gasteiger partial charge on any atom is -0.493 e. The number of H-pyrrole nitrogens is 1. The van der Waals surface area contributed by atoms with Crippen LogP contribution in [0.3, 0.4) is 0 Å². The predicted molar refractivity (Wildman–Crippen MR) is 91.6 cm³/mol. The minimum atomic E-state index is -0.296. The summed E-state index contributed by atoms with van der Waals surface area (Å²) in [4.78, 5) is 26.3. The zero-order valence-electron chi connectivity index (χ0n) is 13.7. The van der Waals surface area contributed by atoms with Gasteiger partial charge < -0.3 is 20.1 Å². The lowest BCUT2D eigenvalue weighted by Crippen LogP contribution is -2.41. The van der Waals surface area contributed by atoms with E-state index in [1.54, 1.807) is 0 Å². The van der Waals surface area contributed by atoms with Gasteiger partial charge in [-0.3, -0.25) is 9.59 Å². The SMILES string of the molecule is O=C(N[C@H](c1ccc2c(c1)CCO2)C1CC(O)C1)c1ccc(=O)[nH]c1. The number of ether oxygens (including phenoxy) is 1. The van der Waals surface area contributed by atoms with Crippen LogP contribution in [0.5, 0.6) is 5.75 Å². The van der Waals surface area contributed by atoms with Crippen LogP contribution in [0, 0.1) is 5.92 Å². The van der Waals surface area contributed by atoms with Crippen LogP contribution < -0.4 is 15.6 Å². The van der Waals surface area contributed by atoms with Crippen LogP contribution in [-0.2, 0) is 6.42 Å². The first kappa shape index (κ1) is 15.9. The number of rotatable bonds is 4. The summed E-state index contributed by atoms with van der Waals surface area (Å²) in [5.41, 5.74) is 2.35. The van der Waals surface area contributed by atoms with Crippen molar-refractivity contribution in [1.29, 1.82) is 0 Å². The molecular weight excluding hydrogens is 320 g/mol. The van der Waals surface area contributed by atoms with Crippen molar-refractivity contribution < 1.29 is 14.6 Å². The average Bonchev–Trinajstić information content (AvgIpc) is 3.05. The van der Waals surface area contributed by atoms with Gasteiger partial charge in [0.1, 0.15) is 5.75 Å². The number of hydrogen-bond acceptors (Lipinski definition) is 4. The molecule has 0 radical (unpaired) electrons. The molecule has 1 saturated carbocycles. The molecule has 1 atom stereocenters. The maximum atomic E-state index is 12.6. The number of nitrogens with one attached hydrogen (secondary N) is 2. The third-order valence-corrected chi connectivity index (χ3v) is 5.03. The highest BCUT2D eigenvalue weighted by Crippen LogP contribution is 2.39. The van der Waals surface area contributed by atoms with Gasteiger partial charge in [-0.05, 0) is 48.1 Å². The summed E-state index contributed by atoms with van der Waals surface area (Å²) in [5, 5.41) is 12.7. The van der Waals surface area contributed by atoms with Gasteiger partial charge in [-0.1, -0.05) is 6.07 Å². The fourth-order valence-corrected chi connectivity index (χ4v) is 3.55. The molecule has 6 nitrogen and oxygen atoms in total. The van der Waals surface area contributed by atoms with Crippen LogP contribution in [0.1, 0.15) is 40.4 Å². The topological polar surface area (TPSA) is 91.4 Å². The first-order chi connectivity index (χ1) is 12.1. The molecule has 1 aliphatic heterocycles. The van der Waals surface area contributed by atoms with E-state index in [2.05, 4.69) is 16.4 Å². The summed E-state index contributed by atoms with van der Waals surface area (Å²) in [6.07, 6.45) is 3.34. The Morgan fingerprint density at radius 3 is 2.84 bits per heavy atom. The van der Waals surface area contributed by atoms with E-state index in [1.165, 1.54) is 18.3 Å². The molecule has 0 saturated heterocycles. The second-order valence-electron chi connectivity index (χ2n) is 6.74. The number of benzene rings is 1. The highest BCUT2D eigenvalue weighted by atomic mass is 16.5. The second kappa shape index (κ2) is 6.37. The van der Waals surface area contributed by atoms with Crippen molar-refractivity contribution in [2.24, 2.45) is 5.92 Å². The summed E-state index contributed by atoms with van der Waals surface area (Å²) in [6, 6.07) is 8.69. The summed E-state index contributed by atoms with van der Waals surface area (Å²) >= 11 is 0. The van der Waals surface area contributed by atoms with Crippen molar-refractivity contribution in [2.75, 3.05) is 6.61 Å². The van der Waals surface area contributed by atoms with Crippen molar-refractivity contribution >= 4 is 5.91 Å². The third kappa shape index (κ3) is 3.17. The molecule has 6 heteroatoms. The second-order valence-corrected chi connectivity index (χ2v) is 6.74. The number of carbonyl (C=O) groups is 1. The van der Waals surface area contributed by atoms with E-state index in [1.807, 2.05) is 12.1 Å². The third-order valence-electron chi connectivity index (χ3n) is 5.03. The van der Waals surface area contributed by atoms with Crippen LogP contribution in [0.15, 0.2) is 41.3 Å². The Morgan fingerprint density at radius 2 is 2.12 bits per heavy atom. The summed E-state index contributed by atoms with van der Waals surface area (Å²) < 4.78 is 5.55. The minimum absolute atomic E-state index is 0.172. The maximum Gasteiger partial charge on any atom is 0.253 e. The number of amides is 1. The fraction of sp³-hybridized carbons (Fsp3) is 0.368. The zero-order valence-corrected chi connectivity index (χ0v) is 13.7. The number of aliphatic hydroxyl groups excluding tert-OH is 1. The highest BCUT2D eigenvalue weighted by molar-refractivity contribution is 5.94. The van der Waals surface area contributed by atoms with Crippen LogP contribution in [0.4, 0.5) is 0 Å². The van der Waals surface area contributed by atoms with Crippen LogP contribution in [-0.4, -0.2) is 28.7 Å². The summed E-state index contributed by atoms with van der Waals surface area (Å²) in [6.45, 7) is 0.690. The molecule has 3 N–H and O–H groups in total. The normalized spacial score (nSPS) is 22.4. The molecule has 2 aromatic rings. The van der Waals surface area contributed by atoms with E-state index in [9.17, 15) is 14.7 Å². The number of pyridine rings is 1. The Hall–Kier alpha value is -2.60. The lowest BCUT2D eigenvalue weighted by atomic mass is 9.74. The van der Waals surface area contributed by atoms with Gasteiger partial charge >= 0.3 is 0 Å². The number of aliphatic hydroxyl groups is 1. The molecule has 0 spiro atoms. The fourth-order valence-electron chi connectivity index (χ4n) is 3.55. The largest absolute Gasteiger partial charge is 0.493 e. The van der Waals surface area contributed by atoms with E-state index < -0.39 is 0 Å². The van der Waals surface area contributed by atoms with Crippen molar-refractivity contribution in [3.63, 3.8) is 0 Å². The first-order valence-electron chi connectivity index (χ1n) is 8.53. The Kier molecular flexibility index (Phi) is 4.05. The predicted octanol–water partition coefficient (Wildman–Crippen LogP) is 1.55. The summed E-state index contributed by atoms with van der Waals surface area (Å²) in [7, 11) is 0. The molecule has 1 amide bonds. The van der Waals surface area contributed by atoms with Gasteiger partial charge in [-0.2, -0.15) is 0 Å². The summed E-state index contributed by atoms with van der Waals surface area (Å²) in [5.74, 6) is 0.865. The lowest BCUT2D eigenvalue weighted by molar-refractivity contribution is 0.0235. The Balaban J connectivity index is 1.59. The van der Waals surface area contributed by atoms with Crippen molar-refractivity contribution in [2.45, 2.75) is 31.4 Å². The van der Waals surface area contributed by atoms with Crippen LogP contribution in [0.2, 0.25) is 0 Å². The molecule has 1 aromatic heterocycles. The number of carbonyl (C=O) groups excluding carboxylic acids is 1. The van der Waals surface area contributed by atoms with E-state index in [-0.39, 0.29) is 29.5 Å². The van der Waals surface area contributed by atoms with Crippen LogP contribution in [0.25, 0.3) is 0 Å². The average molecular weight is 340 g/mol. The maximum absolute atomic E-state index is 12.6. The van der Waals surface area contributed by atoms with Crippen molar-refractivity contribution in [3.8, 4) is 5.75 Å². The van der Waals surface area contributed by atoms with E-state index in [0.29, 0.717) is 25.0 Å². The van der Waals surface area contributed by atoms with Crippen molar-refractivity contribution in [3.05, 3.63) is 63.6 Å². The van der Waals surface area contributed by atoms with Gasteiger partial charge in [-0.15, -0.1) is 0 Å². The van der Waals surface area contributed by atoms with Gasteiger partial charge in [0.05, 0.1) is 24.3 Å². The van der Waals surface area contributed by atoms with E-state index >= 15 is 0 Å². The van der Waals surface area contributed by atoms with E-state index in [4.69, 9.17) is 4.74 Å². The van der Waals surface area contributed by atoms with Gasteiger partial charge in [0.2, 0.25) is 5.56 Å². The first-order valence-corrected chi connectivity index (χ1v) is 8.53. The zero-order chi connectivity index (χ0) is 17.4. The standard InChI is InChI=1S/C19H20N2O4/c22-15-8-14(9-15)18(12-1-3-16-11(7-12)5-6-25-16)21-19(24)13-2-4-17(23)20-10-13/h1-4,7,10,14-15,18,22H,5-6,8-9H2,(H,20,23)(H,21,24)/t14?,15?,18-/m1/s1. The van der Waals surface area contributed by atoms with Crippen molar-refractivity contribution in [1.82, 2.24) is 10.3 Å². The van der Waals surface area contributed by atoms with Crippen LogP contribution >= 0.6 is 0 Å². The molecule has 25 heavy (non-hydrogen) atoms. The van der Waals surface area contributed by atoms with Gasteiger partial charge in [-0.25, -0.2) is 0 Å². The lowest BCUT2D eigenvalue weighted by Gasteiger charge is -2.38. The highest BCUT2D eigenvalue weighted by Gasteiger charge is 2.36. The Morgan fingerprint density at radius 1 is 1.28 bits per heavy atom. The quantitative estimate of drug-likeness (QED) is 0.787.